The van der Waals surface area contributed by atoms with Crippen molar-refractivity contribution in [3.8, 4) is 23.0 Å². The monoisotopic (exact) mass is 447 g/mol. The number of methoxy groups -OCH3 is 3. The third-order valence-electron chi connectivity index (χ3n) is 5.92. The number of piperidine rings is 1. The highest BCUT2D eigenvalue weighted by atomic mass is 32.2. The van der Waals surface area contributed by atoms with Gasteiger partial charge in [-0.25, -0.2) is 8.42 Å². The molecular formula is C22H25NO7S. The molecule has 2 aromatic carbocycles. The maximum atomic E-state index is 13.2. The van der Waals surface area contributed by atoms with Crippen LogP contribution in [-0.2, 0) is 10.0 Å². The molecule has 2 aliphatic rings. The van der Waals surface area contributed by atoms with Crippen LogP contribution in [0, 0.1) is 0 Å². The van der Waals surface area contributed by atoms with Gasteiger partial charge in [0, 0.05) is 32.0 Å². The van der Waals surface area contributed by atoms with Crippen LogP contribution in [0.1, 0.15) is 29.6 Å². The molecule has 9 heteroatoms. The number of sulfonamides is 1. The molecule has 2 heterocycles. The number of rotatable bonds is 5. The largest absolute Gasteiger partial charge is 0.497 e. The van der Waals surface area contributed by atoms with Crippen LogP contribution < -0.4 is 18.9 Å². The molecule has 0 aromatic heterocycles. The Morgan fingerprint density at radius 3 is 2.29 bits per heavy atom. The van der Waals surface area contributed by atoms with E-state index in [1.165, 1.54) is 30.7 Å². The molecule has 1 saturated heterocycles. The molecule has 0 amide bonds. The maximum Gasteiger partial charge on any atom is 0.243 e. The predicted molar refractivity (Wildman–Crippen MR) is 113 cm³/mol. The van der Waals surface area contributed by atoms with Crippen molar-refractivity contribution in [1.29, 1.82) is 0 Å². The Bertz CT molecular complexity index is 1100. The molecule has 0 N–H and O–H groups in total. The third-order valence-corrected chi connectivity index (χ3v) is 7.82. The van der Waals surface area contributed by atoms with Gasteiger partial charge in [-0.2, -0.15) is 4.31 Å². The fourth-order valence-corrected chi connectivity index (χ4v) is 5.60. The zero-order valence-corrected chi connectivity index (χ0v) is 18.5. The van der Waals surface area contributed by atoms with E-state index in [2.05, 4.69) is 0 Å². The van der Waals surface area contributed by atoms with Crippen molar-refractivity contribution in [2.24, 2.45) is 0 Å². The molecule has 0 unspecified atom stereocenters. The first-order valence-electron chi connectivity index (χ1n) is 9.94. The highest BCUT2D eigenvalue weighted by Gasteiger charge is 2.45. The number of hydrogen-bond acceptors (Lipinski definition) is 7. The Hall–Kier alpha value is -2.78. The van der Waals surface area contributed by atoms with Gasteiger partial charge in [-0.05, 0) is 30.3 Å². The number of Topliss-reactive ketones (excluding diaryl/α,β-unsaturated/α-hetero) is 1. The number of fused-ring (bicyclic) bond motifs is 1. The summed E-state index contributed by atoms with van der Waals surface area (Å²) in [5.74, 6) is 1.92. The summed E-state index contributed by atoms with van der Waals surface area (Å²) >= 11 is 0. The lowest BCUT2D eigenvalue weighted by atomic mass is 9.83. The van der Waals surface area contributed by atoms with Gasteiger partial charge in [-0.1, -0.05) is 0 Å². The molecule has 0 radical (unpaired) electrons. The molecular weight excluding hydrogens is 422 g/mol. The van der Waals surface area contributed by atoms with Crippen LogP contribution in [0.25, 0.3) is 0 Å². The normalized spacial score (nSPS) is 18.2. The fraction of sp³-hybridized carbons (Fsp3) is 0.409. The van der Waals surface area contributed by atoms with Gasteiger partial charge in [0.2, 0.25) is 10.0 Å². The summed E-state index contributed by atoms with van der Waals surface area (Å²) in [7, 11) is 0.788. The molecule has 0 saturated carbocycles. The van der Waals surface area contributed by atoms with Crippen LogP contribution in [0.4, 0.5) is 0 Å². The standard InChI is InChI=1S/C22H25NO7S/c1-27-15-4-6-19-17(12-15)18(24)14-22(30-19)8-10-23(11-9-22)31(25,26)16-5-7-20(28-2)21(13-16)29-3/h4-7,12-13H,8-11,14H2,1-3H3. The number of ketones is 1. The summed E-state index contributed by atoms with van der Waals surface area (Å²) in [6, 6.07) is 9.71. The first-order valence-corrected chi connectivity index (χ1v) is 11.4. The van der Waals surface area contributed by atoms with Crippen molar-refractivity contribution < 1.29 is 32.2 Å². The summed E-state index contributed by atoms with van der Waals surface area (Å²) in [6.07, 6.45) is 1.07. The van der Waals surface area contributed by atoms with Crippen LogP contribution in [-0.4, -0.2) is 58.5 Å². The number of benzene rings is 2. The Morgan fingerprint density at radius 1 is 0.935 bits per heavy atom. The minimum Gasteiger partial charge on any atom is -0.497 e. The van der Waals surface area contributed by atoms with Gasteiger partial charge in [0.15, 0.2) is 17.3 Å². The van der Waals surface area contributed by atoms with E-state index in [-0.39, 0.29) is 30.2 Å². The molecule has 1 fully saturated rings. The highest BCUT2D eigenvalue weighted by Crippen LogP contribution is 2.41. The molecule has 31 heavy (non-hydrogen) atoms. The van der Waals surface area contributed by atoms with E-state index in [4.69, 9.17) is 18.9 Å². The molecule has 2 aromatic rings. The average Bonchev–Trinajstić information content (AvgIpc) is 2.78. The Morgan fingerprint density at radius 2 is 1.65 bits per heavy atom. The van der Waals surface area contributed by atoms with Crippen molar-refractivity contribution in [3.63, 3.8) is 0 Å². The molecule has 0 aliphatic carbocycles. The molecule has 0 atom stereocenters. The molecule has 166 valence electrons. The minimum absolute atomic E-state index is 0.0173. The number of nitrogens with zero attached hydrogens (tertiary/aromatic N) is 1. The molecule has 0 bridgehead atoms. The lowest BCUT2D eigenvalue weighted by Gasteiger charge is -2.43. The quantitative estimate of drug-likeness (QED) is 0.696. The first-order chi connectivity index (χ1) is 14.8. The highest BCUT2D eigenvalue weighted by molar-refractivity contribution is 7.89. The maximum absolute atomic E-state index is 13.2. The fourth-order valence-electron chi connectivity index (χ4n) is 4.14. The van der Waals surface area contributed by atoms with Gasteiger partial charge in [-0.15, -0.1) is 0 Å². The van der Waals surface area contributed by atoms with Crippen LogP contribution in [0.15, 0.2) is 41.3 Å². The van der Waals surface area contributed by atoms with Gasteiger partial charge in [0.05, 0.1) is 38.2 Å². The van der Waals surface area contributed by atoms with Crippen molar-refractivity contribution in [1.82, 2.24) is 4.31 Å². The summed E-state index contributed by atoms with van der Waals surface area (Å²) < 4.78 is 49.6. The van der Waals surface area contributed by atoms with Crippen LogP contribution >= 0.6 is 0 Å². The summed E-state index contributed by atoms with van der Waals surface area (Å²) in [4.78, 5) is 12.9. The van der Waals surface area contributed by atoms with E-state index in [1.54, 1.807) is 31.4 Å². The van der Waals surface area contributed by atoms with Gasteiger partial charge in [-0.3, -0.25) is 4.79 Å². The van der Waals surface area contributed by atoms with E-state index in [0.29, 0.717) is 41.4 Å². The molecule has 4 rings (SSSR count). The average molecular weight is 448 g/mol. The van der Waals surface area contributed by atoms with Gasteiger partial charge < -0.3 is 18.9 Å². The van der Waals surface area contributed by atoms with Crippen molar-refractivity contribution in [3.05, 3.63) is 42.0 Å². The SMILES string of the molecule is COc1ccc2c(c1)C(=O)CC1(CCN(S(=O)(=O)c3ccc(OC)c(OC)c3)CC1)O2. The van der Waals surface area contributed by atoms with E-state index in [0.717, 1.165) is 0 Å². The van der Waals surface area contributed by atoms with Gasteiger partial charge >= 0.3 is 0 Å². The Balaban J connectivity index is 1.52. The number of carbonyl (C=O) groups excluding carboxylic acids is 1. The third kappa shape index (κ3) is 3.83. The zero-order valence-electron chi connectivity index (χ0n) is 17.7. The second-order valence-corrected chi connectivity index (χ2v) is 9.61. The lowest BCUT2D eigenvalue weighted by molar-refractivity contribution is 0.00583. The van der Waals surface area contributed by atoms with E-state index in [1.807, 2.05) is 0 Å². The summed E-state index contributed by atoms with van der Waals surface area (Å²) in [6.45, 7) is 0.519. The van der Waals surface area contributed by atoms with E-state index >= 15 is 0 Å². The van der Waals surface area contributed by atoms with Gasteiger partial charge in [0.25, 0.3) is 0 Å². The predicted octanol–water partition coefficient (Wildman–Crippen LogP) is 2.90. The van der Waals surface area contributed by atoms with Crippen LogP contribution in [0.3, 0.4) is 0 Å². The molecule has 1 spiro atoms. The van der Waals surface area contributed by atoms with Crippen molar-refractivity contribution in [2.45, 2.75) is 29.8 Å². The Kier molecular flexibility index (Phi) is 5.57. The van der Waals surface area contributed by atoms with Gasteiger partial charge in [0.1, 0.15) is 17.1 Å². The van der Waals surface area contributed by atoms with Crippen molar-refractivity contribution in [2.75, 3.05) is 34.4 Å². The van der Waals surface area contributed by atoms with Crippen LogP contribution in [0.2, 0.25) is 0 Å². The number of hydrogen-bond donors (Lipinski definition) is 0. The van der Waals surface area contributed by atoms with E-state index < -0.39 is 15.6 Å². The van der Waals surface area contributed by atoms with Crippen molar-refractivity contribution >= 4 is 15.8 Å². The topological polar surface area (TPSA) is 91.4 Å². The second-order valence-electron chi connectivity index (χ2n) is 7.67. The smallest absolute Gasteiger partial charge is 0.243 e. The minimum atomic E-state index is -3.72. The number of carbonyl (C=O) groups is 1. The zero-order chi connectivity index (χ0) is 22.2. The van der Waals surface area contributed by atoms with Crippen LogP contribution in [0.5, 0.6) is 23.0 Å². The van der Waals surface area contributed by atoms with E-state index in [9.17, 15) is 13.2 Å². The summed E-state index contributed by atoms with van der Waals surface area (Å²) in [5, 5.41) is 0. The summed E-state index contributed by atoms with van der Waals surface area (Å²) in [5.41, 5.74) is -0.187. The first kappa shape index (κ1) is 21.5. The lowest BCUT2D eigenvalue weighted by Crippen LogP contribution is -2.52. The second kappa shape index (κ2) is 8.05. The number of ether oxygens (including phenoxy) is 4. The molecule has 2 aliphatic heterocycles. The Labute approximate surface area is 181 Å². The molecule has 8 nitrogen and oxygen atoms in total.